The first kappa shape index (κ1) is 18.7. The van der Waals surface area contributed by atoms with Gasteiger partial charge in [-0.3, -0.25) is 0 Å². The Morgan fingerprint density at radius 3 is 2.50 bits per heavy atom. The van der Waals surface area contributed by atoms with Crippen molar-refractivity contribution in [1.29, 1.82) is 0 Å². The Bertz CT molecular complexity index is 843. The van der Waals surface area contributed by atoms with Crippen molar-refractivity contribution < 1.29 is 13.2 Å². The van der Waals surface area contributed by atoms with E-state index in [4.69, 9.17) is 10.5 Å². The summed E-state index contributed by atoms with van der Waals surface area (Å²) in [5.41, 5.74) is 9.59. The summed E-state index contributed by atoms with van der Waals surface area (Å²) in [6.45, 7) is 6.52. The first-order chi connectivity index (χ1) is 11.2. The molecule has 0 radical (unpaired) electrons. The van der Waals surface area contributed by atoms with Crippen molar-refractivity contribution in [3.05, 3.63) is 17.1 Å². The number of sulfone groups is 1. The normalized spacial score (nSPS) is 13.5. The van der Waals surface area contributed by atoms with Crippen LogP contribution in [0.2, 0.25) is 0 Å². The topological polar surface area (TPSA) is 100 Å². The Balaban J connectivity index is 2.44. The SMILES string of the molecule is COC(C)c1nc2c(N)nc(C)c(C)c2n1CCCCS(C)(=O)=O. The van der Waals surface area contributed by atoms with Gasteiger partial charge in [-0.2, -0.15) is 0 Å². The molecule has 2 aromatic heterocycles. The lowest BCUT2D eigenvalue weighted by Crippen LogP contribution is -2.11. The highest BCUT2D eigenvalue weighted by molar-refractivity contribution is 7.90. The monoisotopic (exact) mass is 354 g/mol. The summed E-state index contributed by atoms with van der Waals surface area (Å²) < 4.78 is 30.1. The maximum atomic E-state index is 11.3. The van der Waals surface area contributed by atoms with Crippen LogP contribution < -0.4 is 5.73 Å². The zero-order chi connectivity index (χ0) is 18.1. The predicted molar refractivity (Wildman–Crippen MR) is 95.8 cm³/mol. The Hall–Kier alpha value is -1.67. The minimum atomic E-state index is -2.94. The smallest absolute Gasteiger partial charge is 0.151 e. The number of hydrogen-bond acceptors (Lipinski definition) is 6. The fourth-order valence-electron chi connectivity index (χ4n) is 2.79. The number of imidazole rings is 1. The Morgan fingerprint density at radius 2 is 1.92 bits per heavy atom. The molecule has 7 nitrogen and oxygen atoms in total. The molecule has 2 rings (SSSR count). The molecule has 0 bridgehead atoms. The van der Waals surface area contributed by atoms with E-state index >= 15 is 0 Å². The van der Waals surface area contributed by atoms with Crippen LogP contribution in [0.1, 0.15) is 43.0 Å². The number of methoxy groups -OCH3 is 1. The first-order valence-electron chi connectivity index (χ1n) is 7.99. The van der Waals surface area contributed by atoms with E-state index in [2.05, 4.69) is 14.5 Å². The summed E-state index contributed by atoms with van der Waals surface area (Å²) in [5.74, 6) is 1.39. The van der Waals surface area contributed by atoms with Crippen molar-refractivity contribution in [2.75, 3.05) is 24.9 Å². The van der Waals surface area contributed by atoms with Crippen LogP contribution in [0.15, 0.2) is 0 Å². The van der Waals surface area contributed by atoms with Gasteiger partial charge in [0.15, 0.2) is 5.82 Å². The number of anilines is 1. The molecule has 2 heterocycles. The standard InChI is InChI=1S/C16H26N4O3S/c1-10-11(2)18-15(17)13-14(10)20(16(19-13)12(3)23-4)8-6-7-9-24(5,21)22/h12H,6-9H2,1-5H3,(H2,17,18). The van der Waals surface area contributed by atoms with Crippen molar-refractivity contribution in [2.45, 2.75) is 46.3 Å². The summed E-state index contributed by atoms with van der Waals surface area (Å²) in [6, 6.07) is 0. The lowest BCUT2D eigenvalue weighted by molar-refractivity contribution is 0.109. The van der Waals surface area contributed by atoms with Crippen molar-refractivity contribution in [3.8, 4) is 0 Å². The molecule has 0 spiro atoms. The van der Waals surface area contributed by atoms with E-state index in [1.807, 2.05) is 20.8 Å². The molecule has 134 valence electrons. The van der Waals surface area contributed by atoms with Crippen LogP contribution in [-0.2, 0) is 21.1 Å². The third-order valence-electron chi connectivity index (χ3n) is 4.29. The van der Waals surface area contributed by atoms with Crippen LogP contribution in [0.5, 0.6) is 0 Å². The van der Waals surface area contributed by atoms with E-state index in [9.17, 15) is 8.42 Å². The molecule has 24 heavy (non-hydrogen) atoms. The van der Waals surface area contributed by atoms with Gasteiger partial charge in [0, 0.05) is 31.4 Å². The second-order valence-corrected chi connectivity index (χ2v) is 8.50. The average molecular weight is 354 g/mol. The lowest BCUT2D eigenvalue weighted by Gasteiger charge is -2.14. The highest BCUT2D eigenvalue weighted by atomic mass is 32.2. The van der Waals surface area contributed by atoms with Gasteiger partial charge in [-0.05, 0) is 39.2 Å². The Kier molecular flexibility index (Phi) is 5.49. The van der Waals surface area contributed by atoms with Crippen molar-refractivity contribution in [3.63, 3.8) is 0 Å². The van der Waals surface area contributed by atoms with Crippen LogP contribution in [0.25, 0.3) is 11.0 Å². The molecule has 2 aromatic rings. The molecule has 0 saturated carbocycles. The summed E-state index contributed by atoms with van der Waals surface area (Å²) >= 11 is 0. The van der Waals surface area contributed by atoms with Gasteiger partial charge >= 0.3 is 0 Å². The van der Waals surface area contributed by atoms with E-state index in [-0.39, 0.29) is 11.9 Å². The number of nitrogens with two attached hydrogens (primary N) is 1. The number of fused-ring (bicyclic) bond motifs is 1. The van der Waals surface area contributed by atoms with Gasteiger partial charge in [-0.1, -0.05) is 0 Å². The van der Waals surface area contributed by atoms with Gasteiger partial charge in [-0.25, -0.2) is 18.4 Å². The van der Waals surface area contributed by atoms with Crippen molar-refractivity contribution in [1.82, 2.24) is 14.5 Å². The van der Waals surface area contributed by atoms with Crippen LogP contribution in [0.3, 0.4) is 0 Å². The zero-order valence-corrected chi connectivity index (χ0v) is 15.8. The van der Waals surface area contributed by atoms with Gasteiger partial charge < -0.3 is 15.0 Å². The van der Waals surface area contributed by atoms with Gasteiger partial charge in [0.2, 0.25) is 0 Å². The number of nitrogen functional groups attached to an aromatic ring is 1. The van der Waals surface area contributed by atoms with E-state index < -0.39 is 9.84 Å². The fourth-order valence-corrected chi connectivity index (χ4v) is 3.52. The molecule has 0 saturated heterocycles. The number of nitrogens with zero attached hydrogens (tertiary/aromatic N) is 3. The molecule has 0 aromatic carbocycles. The highest BCUT2D eigenvalue weighted by Crippen LogP contribution is 2.29. The summed E-state index contributed by atoms with van der Waals surface area (Å²) in [6.07, 6.45) is 2.42. The maximum Gasteiger partial charge on any atom is 0.151 e. The minimum Gasteiger partial charge on any atom is -0.382 e. The molecule has 0 fully saturated rings. The van der Waals surface area contributed by atoms with Crippen LogP contribution in [-0.4, -0.2) is 42.1 Å². The van der Waals surface area contributed by atoms with Crippen LogP contribution in [0.4, 0.5) is 5.82 Å². The third-order valence-corrected chi connectivity index (χ3v) is 5.32. The molecule has 0 amide bonds. The number of hydrogen-bond donors (Lipinski definition) is 1. The summed E-state index contributed by atoms with van der Waals surface area (Å²) in [5, 5.41) is 0. The molecule has 1 unspecified atom stereocenters. The maximum absolute atomic E-state index is 11.3. The molecular weight excluding hydrogens is 328 g/mol. The lowest BCUT2D eigenvalue weighted by atomic mass is 10.2. The largest absolute Gasteiger partial charge is 0.382 e. The van der Waals surface area contributed by atoms with Gasteiger partial charge in [-0.15, -0.1) is 0 Å². The number of aromatic nitrogens is 3. The van der Waals surface area contributed by atoms with E-state index in [0.29, 0.717) is 24.3 Å². The number of unbranched alkanes of at least 4 members (excludes halogenated alkanes) is 1. The fraction of sp³-hybridized carbons (Fsp3) is 0.625. The molecule has 0 aliphatic heterocycles. The number of aryl methyl sites for hydroxylation is 3. The Labute approximate surface area is 143 Å². The Morgan fingerprint density at radius 1 is 1.25 bits per heavy atom. The second-order valence-electron chi connectivity index (χ2n) is 6.24. The van der Waals surface area contributed by atoms with Gasteiger partial charge in [0.1, 0.15) is 27.3 Å². The second kappa shape index (κ2) is 7.06. The van der Waals surface area contributed by atoms with Crippen LogP contribution >= 0.6 is 0 Å². The number of pyridine rings is 1. The van der Waals surface area contributed by atoms with Gasteiger partial charge in [0.05, 0.1) is 5.52 Å². The summed E-state index contributed by atoms with van der Waals surface area (Å²) in [4.78, 5) is 9.00. The summed E-state index contributed by atoms with van der Waals surface area (Å²) in [7, 11) is -1.30. The minimum absolute atomic E-state index is 0.189. The molecule has 0 aliphatic carbocycles. The van der Waals surface area contributed by atoms with E-state index in [0.717, 1.165) is 29.0 Å². The number of rotatable bonds is 7. The highest BCUT2D eigenvalue weighted by Gasteiger charge is 2.20. The first-order valence-corrected chi connectivity index (χ1v) is 10.0. The van der Waals surface area contributed by atoms with Crippen LogP contribution in [0, 0.1) is 13.8 Å². The zero-order valence-electron chi connectivity index (χ0n) is 15.0. The third kappa shape index (κ3) is 3.87. The quantitative estimate of drug-likeness (QED) is 0.765. The van der Waals surface area contributed by atoms with Crippen molar-refractivity contribution in [2.24, 2.45) is 0 Å². The van der Waals surface area contributed by atoms with Crippen molar-refractivity contribution >= 4 is 26.7 Å². The predicted octanol–water partition coefficient (Wildman–Crippen LogP) is 2.16. The number of ether oxygens (including phenoxy) is 1. The average Bonchev–Trinajstić information content (AvgIpc) is 2.87. The molecule has 1 atom stereocenters. The van der Waals surface area contributed by atoms with E-state index in [1.54, 1.807) is 7.11 Å². The van der Waals surface area contributed by atoms with E-state index in [1.165, 1.54) is 6.26 Å². The molecular formula is C16H26N4O3S. The molecule has 2 N–H and O–H groups in total. The molecule has 8 heteroatoms. The van der Waals surface area contributed by atoms with Gasteiger partial charge in [0.25, 0.3) is 0 Å². The molecule has 0 aliphatic rings.